The minimum absolute atomic E-state index is 0.574. The zero-order valence-corrected chi connectivity index (χ0v) is 9.96. The molecule has 0 saturated heterocycles. The Bertz CT molecular complexity index is 462. The minimum Gasteiger partial charge on any atom is -0.359 e. The van der Waals surface area contributed by atoms with Crippen molar-refractivity contribution in [1.29, 1.82) is 0 Å². The lowest BCUT2D eigenvalue weighted by Crippen LogP contribution is -1.99. The summed E-state index contributed by atoms with van der Waals surface area (Å²) in [5.74, 6) is 0.793. The van der Waals surface area contributed by atoms with Crippen LogP contribution in [-0.2, 0) is 13.0 Å². The Morgan fingerprint density at radius 3 is 3.00 bits per heavy atom. The Labute approximate surface area is 99.8 Å². The average Bonchev–Trinajstić information content (AvgIpc) is 2.90. The highest BCUT2D eigenvalue weighted by Crippen LogP contribution is 2.06. The summed E-state index contributed by atoms with van der Waals surface area (Å²) < 4.78 is 6.88. The van der Waals surface area contributed by atoms with Gasteiger partial charge in [-0.1, -0.05) is 10.4 Å². The molecule has 2 heterocycles. The monoisotopic (exact) mass is 235 g/mol. The second-order valence-electron chi connectivity index (χ2n) is 4.09. The molecule has 2 aromatic heterocycles. The molecule has 6 nitrogen and oxygen atoms in total. The van der Waals surface area contributed by atoms with E-state index in [2.05, 4.69) is 15.5 Å². The first-order valence-electron chi connectivity index (χ1n) is 5.79. The van der Waals surface area contributed by atoms with Crippen LogP contribution < -0.4 is 5.73 Å². The van der Waals surface area contributed by atoms with Gasteiger partial charge in [-0.2, -0.15) is 0 Å². The lowest BCUT2D eigenvalue weighted by atomic mass is 10.2. The van der Waals surface area contributed by atoms with E-state index in [1.807, 2.05) is 19.2 Å². The van der Waals surface area contributed by atoms with Crippen molar-refractivity contribution in [2.45, 2.75) is 32.7 Å². The maximum absolute atomic E-state index is 5.44. The van der Waals surface area contributed by atoms with Gasteiger partial charge in [-0.05, 0) is 32.7 Å². The summed E-state index contributed by atoms with van der Waals surface area (Å²) >= 11 is 0. The van der Waals surface area contributed by atoms with E-state index < -0.39 is 0 Å². The van der Waals surface area contributed by atoms with Crippen molar-refractivity contribution >= 4 is 0 Å². The van der Waals surface area contributed by atoms with Crippen LogP contribution in [0.5, 0.6) is 0 Å². The summed E-state index contributed by atoms with van der Waals surface area (Å²) in [6.07, 6.45) is 4.94. The van der Waals surface area contributed by atoms with Gasteiger partial charge >= 0.3 is 0 Å². The van der Waals surface area contributed by atoms with E-state index in [0.717, 1.165) is 43.0 Å². The molecule has 0 aromatic carbocycles. The van der Waals surface area contributed by atoms with Gasteiger partial charge in [0.15, 0.2) is 5.76 Å². The van der Waals surface area contributed by atoms with E-state index in [1.54, 1.807) is 4.68 Å². The number of unbranched alkanes of at least 4 members (excludes halogenated alkanes) is 1. The van der Waals surface area contributed by atoms with Crippen LogP contribution in [-0.4, -0.2) is 26.7 Å². The summed E-state index contributed by atoms with van der Waals surface area (Å²) in [4.78, 5) is 0. The Morgan fingerprint density at radius 1 is 1.41 bits per heavy atom. The third-order valence-electron chi connectivity index (χ3n) is 2.47. The molecule has 0 spiro atoms. The second-order valence-corrected chi connectivity index (χ2v) is 4.09. The van der Waals surface area contributed by atoms with Gasteiger partial charge in [0.05, 0.1) is 11.4 Å². The lowest BCUT2D eigenvalue weighted by Gasteiger charge is -1.94. The summed E-state index contributed by atoms with van der Waals surface area (Å²) in [5.41, 5.74) is 7.31. The first kappa shape index (κ1) is 11.8. The predicted octanol–water partition coefficient (Wildman–Crippen LogP) is 0.904. The molecule has 2 rings (SSSR count). The normalized spacial score (nSPS) is 10.9. The van der Waals surface area contributed by atoms with Gasteiger partial charge < -0.3 is 10.3 Å². The highest BCUT2D eigenvalue weighted by molar-refractivity contribution is 5.04. The van der Waals surface area contributed by atoms with Crippen molar-refractivity contribution in [3.63, 3.8) is 0 Å². The molecule has 92 valence electrons. The van der Waals surface area contributed by atoms with Crippen molar-refractivity contribution in [2.24, 2.45) is 5.73 Å². The topological polar surface area (TPSA) is 82.8 Å². The standard InChI is InChI=1S/C11H17N5O/c1-9-6-11(17-14-9)8-16-7-10(13-15-16)4-2-3-5-12/h6-7H,2-5,8,12H2,1H3. The largest absolute Gasteiger partial charge is 0.359 e. The van der Waals surface area contributed by atoms with Crippen molar-refractivity contribution in [2.75, 3.05) is 6.54 Å². The van der Waals surface area contributed by atoms with Gasteiger partial charge in [-0.15, -0.1) is 5.10 Å². The lowest BCUT2D eigenvalue weighted by molar-refractivity contribution is 0.367. The Morgan fingerprint density at radius 2 is 2.29 bits per heavy atom. The van der Waals surface area contributed by atoms with E-state index in [-0.39, 0.29) is 0 Å². The van der Waals surface area contributed by atoms with E-state index >= 15 is 0 Å². The number of rotatable bonds is 6. The van der Waals surface area contributed by atoms with Crippen LogP contribution in [0.4, 0.5) is 0 Å². The fourth-order valence-corrected chi connectivity index (χ4v) is 1.63. The van der Waals surface area contributed by atoms with Gasteiger partial charge in [-0.3, -0.25) is 0 Å². The van der Waals surface area contributed by atoms with E-state index in [4.69, 9.17) is 10.3 Å². The molecule has 0 bridgehead atoms. The molecular weight excluding hydrogens is 218 g/mol. The van der Waals surface area contributed by atoms with Crippen LogP contribution in [0.3, 0.4) is 0 Å². The summed E-state index contributed by atoms with van der Waals surface area (Å²) in [6, 6.07) is 1.90. The zero-order chi connectivity index (χ0) is 12.1. The highest BCUT2D eigenvalue weighted by Gasteiger charge is 2.05. The Kier molecular flexibility index (Phi) is 3.87. The first-order chi connectivity index (χ1) is 8.28. The average molecular weight is 235 g/mol. The van der Waals surface area contributed by atoms with Crippen molar-refractivity contribution in [3.05, 3.63) is 29.4 Å². The molecule has 0 aliphatic heterocycles. The molecule has 0 aliphatic carbocycles. The van der Waals surface area contributed by atoms with Crippen molar-refractivity contribution in [1.82, 2.24) is 20.2 Å². The van der Waals surface area contributed by atoms with E-state index in [1.165, 1.54) is 0 Å². The maximum Gasteiger partial charge on any atom is 0.158 e. The van der Waals surface area contributed by atoms with Gasteiger partial charge in [0.1, 0.15) is 6.54 Å². The van der Waals surface area contributed by atoms with Gasteiger partial charge in [-0.25, -0.2) is 4.68 Å². The highest BCUT2D eigenvalue weighted by atomic mass is 16.5. The van der Waals surface area contributed by atoms with Crippen molar-refractivity contribution < 1.29 is 4.52 Å². The smallest absolute Gasteiger partial charge is 0.158 e. The molecule has 2 aromatic rings. The molecule has 2 N–H and O–H groups in total. The van der Waals surface area contributed by atoms with Crippen LogP contribution in [0.15, 0.2) is 16.8 Å². The number of aryl methyl sites for hydroxylation is 2. The molecule has 6 heteroatoms. The Hall–Kier alpha value is -1.69. The summed E-state index contributed by atoms with van der Waals surface area (Å²) in [5, 5.41) is 12.0. The fraction of sp³-hybridized carbons (Fsp3) is 0.545. The van der Waals surface area contributed by atoms with Gasteiger partial charge in [0, 0.05) is 12.3 Å². The molecule has 0 saturated carbocycles. The quantitative estimate of drug-likeness (QED) is 0.752. The zero-order valence-electron chi connectivity index (χ0n) is 9.96. The molecule has 0 amide bonds. The summed E-state index contributed by atoms with van der Waals surface area (Å²) in [7, 11) is 0. The molecule has 0 unspecified atom stereocenters. The molecule has 0 fully saturated rings. The van der Waals surface area contributed by atoms with Crippen molar-refractivity contribution in [3.8, 4) is 0 Å². The minimum atomic E-state index is 0.574. The number of hydrogen-bond acceptors (Lipinski definition) is 5. The van der Waals surface area contributed by atoms with Crippen LogP contribution >= 0.6 is 0 Å². The fourth-order valence-electron chi connectivity index (χ4n) is 1.63. The number of aromatic nitrogens is 4. The van der Waals surface area contributed by atoms with Crippen LogP contribution in [0, 0.1) is 6.92 Å². The molecule has 0 atom stereocenters. The third kappa shape index (κ3) is 3.39. The van der Waals surface area contributed by atoms with Crippen LogP contribution in [0.25, 0.3) is 0 Å². The van der Waals surface area contributed by atoms with Crippen LogP contribution in [0.1, 0.15) is 30.0 Å². The molecule has 17 heavy (non-hydrogen) atoms. The summed E-state index contributed by atoms with van der Waals surface area (Å²) in [6.45, 7) is 3.20. The van der Waals surface area contributed by atoms with E-state index in [0.29, 0.717) is 6.54 Å². The molecule has 0 aliphatic rings. The number of nitrogens with two attached hydrogens (primary N) is 1. The van der Waals surface area contributed by atoms with Gasteiger partial charge in [0.25, 0.3) is 0 Å². The Balaban J connectivity index is 1.89. The van der Waals surface area contributed by atoms with Gasteiger partial charge in [0.2, 0.25) is 0 Å². The maximum atomic E-state index is 5.44. The molecular formula is C11H17N5O. The second kappa shape index (κ2) is 5.58. The SMILES string of the molecule is Cc1cc(Cn2cc(CCCCN)nn2)on1. The predicted molar refractivity (Wildman–Crippen MR) is 62.4 cm³/mol. The third-order valence-corrected chi connectivity index (χ3v) is 2.47. The molecule has 0 radical (unpaired) electrons. The van der Waals surface area contributed by atoms with Crippen LogP contribution in [0.2, 0.25) is 0 Å². The first-order valence-corrected chi connectivity index (χ1v) is 5.79. The number of hydrogen-bond donors (Lipinski definition) is 1. The number of nitrogens with zero attached hydrogens (tertiary/aromatic N) is 4. The van der Waals surface area contributed by atoms with E-state index in [9.17, 15) is 0 Å².